The van der Waals surface area contributed by atoms with Crippen molar-refractivity contribution in [2.24, 2.45) is 5.92 Å². The second-order valence-corrected chi connectivity index (χ2v) is 8.58. The molecule has 0 radical (unpaired) electrons. The molecule has 0 bridgehead atoms. The topological polar surface area (TPSA) is 58.6 Å². The van der Waals surface area contributed by atoms with Crippen molar-refractivity contribution in [2.75, 3.05) is 12.4 Å². The number of methoxy groups -OCH3 is 1. The monoisotopic (exact) mass is 426 g/mol. The molecule has 3 atom stereocenters. The lowest BCUT2D eigenvalue weighted by Gasteiger charge is -2.34. The van der Waals surface area contributed by atoms with Crippen molar-refractivity contribution in [1.82, 2.24) is 4.90 Å². The Bertz CT molecular complexity index is 961. The van der Waals surface area contributed by atoms with Gasteiger partial charge < -0.3 is 15.0 Å². The van der Waals surface area contributed by atoms with E-state index < -0.39 is 6.04 Å². The van der Waals surface area contributed by atoms with Crippen LogP contribution in [0.1, 0.15) is 48.0 Å². The minimum atomic E-state index is -0.506. The van der Waals surface area contributed by atoms with Crippen LogP contribution in [0.5, 0.6) is 5.75 Å². The molecule has 1 saturated heterocycles. The standard InChI is InChI=1S/C24H27ClN2O3/c1-15-18(25)10-7-11-19(15)26-23(28)21-14-16-8-3-5-12-20(16)27(21)24(29)17-9-4-6-13-22(17)30-2/h4,6-7,9-11,13,16,20-21H,3,5,8,12,14H2,1-2H3,(H,26,28). The van der Waals surface area contributed by atoms with Gasteiger partial charge in [-0.15, -0.1) is 0 Å². The first-order chi connectivity index (χ1) is 14.5. The molecule has 3 unspecified atom stereocenters. The largest absolute Gasteiger partial charge is 0.496 e. The average molecular weight is 427 g/mol. The summed E-state index contributed by atoms with van der Waals surface area (Å²) in [6, 6.07) is 12.3. The fourth-order valence-electron chi connectivity index (χ4n) is 4.91. The Labute approximate surface area is 182 Å². The minimum Gasteiger partial charge on any atom is -0.496 e. The maximum absolute atomic E-state index is 13.6. The third-order valence-electron chi connectivity index (χ3n) is 6.49. The van der Waals surface area contributed by atoms with E-state index in [9.17, 15) is 9.59 Å². The summed E-state index contributed by atoms with van der Waals surface area (Å²) < 4.78 is 5.42. The molecule has 30 heavy (non-hydrogen) atoms. The van der Waals surface area contributed by atoms with E-state index in [1.807, 2.05) is 36.1 Å². The lowest BCUT2D eigenvalue weighted by Crippen LogP contribution is -2.48. The van der Waals surface area contributed by atoms with Crippen molar-refractivity contribution in [2.45, 2.75) is 51.1 Å². The highest BCUT2D eigenvalue weighted by Gasteiger charge is 2.48. The van der Waals surface area contributed by atoms with Crippen LogP contribution in [0.15, 0.2) is 42.5 Å². The van der Waals surface area contributed by atoms with E-state index in [2.05, 4.69) is 5.32 Å². The zero-order valence-electron chi connectivity index (χ0n) is 17.4. The maximum Gasteiger partial charge on any atom is 0.258 e. The fourth-order valence-corrected chi connectivity index (χ4v) is 5.08. The van der Waals surface area contributed by atoms with Crippen LogP contribution < -0.4 is 10.1 Å². The first-order valence-electron chi connectivity index (χ1n) is 10.5. The van der Waals surface area contributed by atoms with Gasteiger partial charge in [0, 0.05) is 16.8 Å². The first-order valence-corrected chi connectivity index (χ1v) is 10.9. The summed E-state index contributed by atoms with van der Waals surface area (Å²) in [6.07, 6.45) is 4.92. The Morgan fingerprint density at radius 1 is 1.10 bits per heavy atom. The summed E-state index contributed by atoms with van der Waals surface area (Å²) >= 11 is 6.22. The number of rotatable bonds is 4. The van der Waals surface area contributed by atoms with Gasteiger partial charge in [-0.3, -0.25) is 9.59 Å². The van der Waals surface area contributed by atoms with Crippen molar-refractivity contribution in [3.05, 3.63) is 58.6 Å². The molecule has 1 aliphatic carbocycles. The van der Waals surface area contributed by atoms with Crippen LogP contribution in [-0.4, -0.2) is 35.9 Å². The van der Waals surface area contributed by atoms with Crippen molar-refractivity contribution in [3.8, 4) is 5.75 Å². The van der Waals surface area contributed by atoms with E-state index in [0.717, 1.165) is 31.2 Å². The smallest absolute Gasteiger partial charge is 0.258 e. The first kappa shape index (κ1) is 20.7. The normalized spacial score (nSPS) is 23.0. The van der Waals surface area contributed by atoms with Gasteiger partial charge in [0.2, 0.25) is 5.91 Å². The van der Waals surface area contributed by atoms with Gasteiger partial charge in [0.1, 0.15) is 11.8 Å². The fraction of sp³-hybridized carbons (Fsp3) is 0.417. The number of nitrogens with zero attached hydrogens (tertiary/aromatic N) is 1. The van der Waals surface area contributed by atoms with Gasteiger partial charge in [-0.05, 0) is 61.9 Å². The molecule has 2 aromatic carbocycles. The van der Waals surface area contributed by atoms with Crippen LogP contribution in [-0.2, 0) is 4.79 Å². The van der Waals surface area contributed by atoms with Crippen molar-refractivity contribution >= 4 is 29.1 Å². The molecule has 6 heteroatoms. The van der Waals surface area contributed by atoms with Crippen LogP contribution in [0.2, 0.25) is 5.02 Å². The Hall–Kier alpha value is -2.53. The minimum absolute atomic E-state index is 0.0902. The van der Waals surface area contributed by atoms with E-state index in [0.29, 0.717) is 34.4 Å². The molecule has 1 aliphatic heterocycles. The van der Waals surface area contributed by atoms with Gasteiger partial charge in [-0.2, -0.15) is 0 Å². The van der Waals surface area contributed by atoms with Crippen LogP contribution in [0.4, 0.5) is 5.69 Å². The van der Waals surface area contributed by atoms with Gasteiger partial charge in [-0.25, -0.2) is 0 Å². The molecule has 2 aromatic rings. The van der Waals surface area contributed by atoms with Crippen LogP contribution in [0, 0.1) is 12.8 Å². The van der Waals surface area contributed by atoms with E-state index >= 15 is 0 Å². The summed E-state index contributed by atoms with van der Waals surface area (Å²) in [5.41, 5.74) is 2.01. The molecule has 0 aromatic heterocycles. The predicted octanol–water partition coefficient (Wildman–Crippen LogP) is 5.07. The molecule has 2 amide bonds. The summed E-state index contributed by atoms with van der Waals surface area (Å²) in [5.74, 6) is 0.600. The lowest BCUT2D eigenvalue weighted by molar-refractivity contribution is -0.120. The Morgan fingerprint density at radius 3 is 2.67 bits per heavy atom. The van der Waals surface area contributed by atoms with E-state index in [4.69, 9.17) is 16.3 Å². The number of likely N-dealkylation sites (tertiary alicyclic amines) is 1. The van der Waals surface area contributed by atoms with E-state index in [1.54, 1.807) is 25.3 Å². The van der Waals surface area contributed by atoms with Gasteiger partial charge in [0.05, 0.1) is 12.7 Å². The highest BCUT2D eigenvalue weighted by Crippen LogP contribution is 2.41. The molecule has 1 heterocycles. The van der Waals surface area contributed by atoms with Gasteiger partial charge >= 0.3 is 0 Å². The predicted molar refractivity (Wildman–Crippen MR) is 118 cm³/mol. The zero-order chi connectivity index (χ0) is 21.3. The van der Waals surface area contributed by atoms with Crippen LogP contribution >= 0.6 is 11.6 Å². The number of nitrogens with one attached hydrogen (secondary N) is 1. The number of amides is 2. The molecule has 5 nitrogen and oxygen atoms in total. The number of benzene rings is 2. The summed E-state index contributed by atoms with van der Waals surface area (Å²) in [6.45, 7) is 1.88. The van der Waals surface area contributed by atoms with E-state index in [1.165, 1.54) is 0 Å². The molecule has 2 aliphatic rings. The quantitative estimate of drug-likeness (QED) is 0.742. The van der Waals surface area contributed by atoms with Gasteiger partial charge in [-0.1, -0.05) is 42.6 Å². The number of carbonyl (C=O) groups excluding carboxylic acids is 2. The summed E-state index contributed by atoms with van der Waals surface area (Å²) in [5, 5.41) is 3.63. The molecular formula is C24H27ClN2O3. The average Bonchev–Trinajstić information content (AvgIpc) is 3.16. The van der Waals surface area contributed by atoms with Crippen LogP contribution in [0.3, 0.4) is 0 Å². The highest BCUT2D eigenvalue weighted by atomic mass is 35.5. The molecule has 0 spiro atoms. The van der Waals surface area contributed by atoms with Crippen LogP contribution in [0.25, 0.3) is 0 Å². The number of hydrogen-bond donors (Lipinski definition) is 1. The lowest BCUT2D eigenvalue weighted by atomic mass is 9.84. The Kier molecular flexibility index (Phi) is 6.00. The summed E-state index contributed by atoms with van der Waals surface area (Å²) in [7, 11) is 1.56. The number of halogens is 1. The summed E-state index contributed by atoms with van der Waals surface area (Å²) in [4.78, 5) is 28.8. The Balaban J connectivity index is 1.65. The third kappa shape index (κ3) is 3.79. The molecule has 158 valence electrons. The van der Waals surface area contributed by atoms with E-state index in [-0.39, 0.29) is 17.9 Å². The zero-order valence-corrected chi connectivity index (χ0v) is 18.1. The SMILES string of the molecule is COc1ccccc1C(=O)N1C(C(=O)Nc2cccc(Cl)c2C)CC2CCCCC21. The molecule has 4 rings (SSSR count). The maximum atomic E-state index is 13.6. The number of para-hydroxylation sites is 1. The Morgan fingerprint density at radius 2 is 1.87 bits per heavy atom. The highest BCUT2D eigenvalue weighted by molar-refractivity contribution is 6.31. The second-order valence-electron chi connectivity index (χ2n) is 8.18. The second kappa shape index (κ2) is 8.68. The number of ether oxygens (including phenoxy) is 1. The van der Waals surface area contributed by atoms with Gasteiger partial charge in [0.15, 0.2) is 0 Å². The number of anilines is 1. The molecular weight excluding hydrogens is 400 g/mol. The van der Waals surface area contributed by atoms with Gasteiger partial charge in [0.25, 0.3) is 5.91 Å². The molecule has 1 saturated carbocycles. The number of hydrogen-bond acceptors (Lipinski definition) is 3. The van der Waals surface area contributed by atoms with Crippen molar-refractivity contribution in [1.29, 1.82) is 0 Å². The van der Waals surface area contributed by atoms with Crippen molar-refractivity contribution in [3.63, 3.8) is 0 Å². The third-order valence-corrected chi connectivity index (χ3v) is 6.90. The number of fused-ring (bicyclic) bond motifs is 1. The molecule has 2 fully saturated rings. The molecule has 1 N–H and O–H groups in total. The number of carbonyl (C=O) groups is 2. The van der Waals surface area contributed by atoms with Crippen molar-refractivity contribution < 1.29 is 14.3 Å².